The van der Waals surface area contributed by atoms with Crippen LogP contribution < -0.4 is 0 Å². The third-order valence-corrected chi connectivity index (χ3v) is 1.37. The highest BCUT2D eigenvalue weighted by atomic mass is 16.5. The summed E-state index contributed by atoms with van der Waals surface area (Å²) in [6.07, 6.45) is -0.485. The Morgan fingerprint density at radius 3 is 2.40 bits per heavy atom. The van der Waals surface area contributed by atoms with Crippen LogP contribution in [-0.4, -0.2) is 24.3 Å². The molecule has 10 heavy (non-hydrogen) atoms. The summed E-state index contributed by atoms with van der Waals surface area (Å²) in [7, 11) is 1.31. The van der Waals surface area contributed by atoms with Gasteiger partial charge in [-0.05, 0) is 5.92 Å². The number of hydrogen-bond donors (Lipinski definition) is 1. The summed E-state index contributed by atoms with van der Waals surface area (Å²) >= 11 is 0. The fourth-order valence-corrected chi connectivity index (χ4v) is 0.490. The van der Waals surface area contributed by atoms with Gasteiger partial charge in [-0.1, -0.05) is 13.8 Å². The SMILES string of the molecule is COC(=O)C[C@H](O)C(C)C. The van der Waals surface area contributed by atoms with Crippen molar-refractivity contribution in [2.75, 3.05) is 7.11 Å². The van der Waals surface area contributed by atoms with Crippen LogP contribution in [0.1, 0.15) is 20.3 Å². The molecule has 0 saturated heterocycles. The lowest BCUT2D eigenvalue weighted by Crippen LogP contribution is -2.19. The lowest BCUT2D eigenvalue weighted by atomic mass is 10.1. The van der Waals surface area contributed by atoms with Gasteiger partial charge in [-0.2, -0.15) is 0 Å². The van der Waals surface area contributed by atoms with E-state index in [2.05, 4.69) is 4.74 Å². The Balaban J connectivity index is 3.57. The van der Waals surface area contributed by atoms with Crippen LogP contribution in [0.4, 0.5) is 0 Å². The lowest BCUT2D eigenvalue weighted by molar-refractivity contribution is -0.143. The van der Waals surface area contributed by atoms with E-state index in [4.69, 9.17) is 5.11 Å². The molecule has 0 bridgehead atoms. The number of esters is 1. The van der Waals surface area contributed by atoms with Crippen molar-refractivity contribution < 1.29 is 14.6 Å². The molecule has 0 fully saturated rings. The summed E-state index contributed by atoms with van der Waals surface area (Å²) in [5.74, 6) is -0.250. The van der Waals surface area contributed by atoms with Gasteiger partial charge < -0.3 is 9.84 Å². The zero-order valence-electron chi connectivity index (χ0n) is 6.63. The largest absolute Gasteiger partial charge is 0.469 e. The van der Waals surface area contributed by atoms with Crippen molar-refractivity contribution in [1.29, 1.82) is 0 Å². The van der Waals surface area contributed by atoms with Crippen LogP contribution in [-0.2, 0) is 9.53 Å². The van der Waals surface area contributed by atoms with Crippen LogP contribution in [0, 0.1) is 5.92 Å². The molecule has 0 saturated carbocycles. The summed E-state index contributed by atoms with van der Waals surface area (Å²) in [6.45, 7) is 3.71. The maximum atomic E-state index is 10.5. The molecule has 1 atom stereocenters. The number of aliphatic hydroxyl groups is 1. The molecular formula is C7H14O3. The highest BCUT2D eigenvalue weighted by Crippen LogP contribution is 2.05. The second-order valence-corrected chi connectivity index (χ2v) is 2.59. The molecule has 60 valence electrons. The molecule has 0 aromatic rings. The van der Waals surface area contributed by atoms with Gasteiger partial charge in [-0.25, -0.2) is 0 Å². The van der Waals surface area contributed by atoms with Crippen molar-refractivity contribution in [2.24, 2.45) is 5.92 Å². The molecule has 0 aliphatic carbocycles. The molecule has 0 rings (SSSR count). The minimum Gasteiger partial charge on any atom is -0.469 e. The van der Waals surface area contributed by atoms with Crippen molar-refractivity contribution in [3.63, 3.8) is 0 Å². The number of rotatable bonds is 3. The van der Waals surface area contributed by atoms with Crippen LogP contribution in [0.3, 0.4) is 0 Å². The second kappa shape index (κ2) is 4.28. The van der Waals surface area contributed by atoms with Crippen LogP contribution in [0.15, 0.2) is 0 Å². The summed E-state index contributed by atoms with van der Waals surface area (Å²) in [4.78, 5) is 10.5. The van der Waals surface area contributed by atoms with Gasteiger partial charge in [0.1, 0.15) is 0 Å². The predicted octanol–water partition coefficient (Wildman–Crippen LogP) is 0.566. The number of carbonyl (C=O) groups is 1. The van der Waals surface area contributed by atoms with Crippen molar-refractivity contribution in [3.05, 3.63) is 0 Å². The second-order valence-electron chi connectivity index (χ2n) is 2.59. The molecule has 0 radical (unpaired) electrons. The molecule has 0 heterocycles. The first-order valence-corrected chi connectivity index (χ1v) is 3.32. The van der Waals surface area contributed by atoms with E-state index in [0.29, 0.717) is 0 Å². The highest BCUT2D eigenvalue weighted by molar-refractivity contribution is 5.69. The third-order valence-electron chi connectivity index (χ3n) is 1.37. The number of ether oxygens (including phenoxy) is 1. The van der Waals surface area contributed by atoms with Crippen molar-refractivity contribution in [3.8, 4) is 0 Å². The number of aliphatic hydroxyl groups excluding tert-OH is 1. The van der Waals surface area contributed by atoms with Crippen LogP contribution in [0.2, 0.25) is 0 Å². The molecule has 0 amide bonds. The predicted molar refractivity (Wildman–Crippen MR) is 37.5 cm³/mol. The van der Waals surface area contributed by atoms with Gasteiger partial charge in [0.2, 0.25) is 0 Å². The smallest absolute Gasteiger partial charge is 0.308 e. The molecule has 3 nitrogen and oxygen atoms in total. The highest BCUT2D eigenvalue weighted by Gasteiger charge is 2.13. The Bertz CT molecular complexity index is 109. The summed E-state index contributed by atoms with van der Waals surface area (Å²) < 4.78 is 4.37. The molecule has 0 aromatic carbocycles. The van der Waals surface area contributed by atoms with Gasteiger partial charge in [0.25, 0.3) is 0 Å². The van der Waals surface area contributed by atoms with Crippen LogP contribution in [0.25, 0.3) is 0 Å². The Kier molecular flexibility index (Phi) is 4.03. The average Bonchev–Trinajstić information content (AvgIpc) is 1.87. The quantitative estimate of drug-likeness (QED) is 0.592. The van der Waals surface area contributed by atoms with Gasteiger partial charge in [-0.15, -0.1) is 0 Å². The van der Waals surface area contributed by atoms with Gasteiger partial charge in [0.15, 0.2) is 0 Å². The van der Waals surface area contributed by atoms with Gasteiger partial charge >= 0.3 is 5.97 Å². The van der Waals surface area contributed by atoms with Gasteiger partial charge in [0.05, 0.1) is 19.6 Å². The molecule has 0 spiro atoms. The Morgan fingerprint density at radius 1 is 1.60 bits per heavy atom. The minimum absolute atomic E-state index is 0.0914. The van der Waals surface area contributed by atoms with E-state index in [9.17, 15) is 4.79 Å². The zero-order valence-corrected chi connectivity index (χ0v) is 6.63. The van der Waals surface area contributed by atoms with E-state index in [1.165, 1.54) is 7.11 Å². The minimum atomic E-state index is -0.576. The molecule has 0 aliphatic heterocycles. The maximum Gasteiger partial charge on any atom is 0.308 e. The zero-order chi connectivity index (χ0) is 8.15. The van der Waals surface area contributed by atoms with Crippen LogP contribution >= 0.6 is 0 Å². The van der Waals surface area contributed by atoms with Crippen LogP contribution in [0.5, 0.6) is 0 Å². The number of methoxy groups -OCH3 is 1. The molecule has 0 unspecified atom stereocenters. The fraction of sp³-hybridized carbons (Fsp3) is 0.857. The molecule has 0 aromatic heterocycles. The fourth-order valence-electron chi connectivity index (χ4n) is 0.490. The Hall–Kier alpha value is -0.570. The van der Waals surface area contributed by atoms with Crippen molar-refractivity contribution in [2.45, 2.75) is 26.4 Å². The van der Waals surface area contributed by atoms with E-state index in [1.54, 1.807) is 0 Å². The van der Waals surface area contributed by atoms with E-state index in [1.807, 2.05) is 13.8 Å². The molecule has 1 N–H and O–H groups in total. The normalized spacial score (nSPS) is 13.3. The van der Waals surface area contributed by atoms with Gasteiger partial charge in [0, 0.05) is 0 Å². The first kappa shape index (κ1) is 9.43. The topological polar surface area (TPSA) is 46.5 Å². The lowest BCUT2D eigenvalue weighted by Gasteiger charge is -2.11. The van der Waals surface area contributed by atoms with E-state index < -0.39 is 6.10 Å². The monoisotopic (exact) mass is 146 g/mol. The average molecular weight is 146 g/mol. The third kappa shape index (κ3) is 3.45. The standard InChI is InChI=1S/C7H14O3/c1-5(2)6(8)4-7(9)10-3/h5-6,8H,4H2,1-3H3/t6-/m0/s1. The molecular weight excluding hydrogens is 132 g/mol. The number of hydrogen-bond acceptors (Lipinski definition) is 3. The van der Waals surface area contributed by atoms with Gasteiger partial charge in [-0.3, -0.25) is 4.79 Å². The first-order chi connectivity index (χ1) is 4.57. The van der Waals surface area contributed by atoms with E-state index in [0.717, 1.165) is 0 Å². The van der Waals surface area contributed by atoms with Crippen molar-refractivity contribution >= 4 is 5.97 Å². The summed E-state index contributed by atoms with van der Waals surface area (Å²) in [5.41, 5.74) is 0. The van der Waals surface area contributed by atoms with Crippen molar-refractivity contribution in [1.82, 2.24) is 0 Å². The summed E-state index contributed by atoms with van der Waals surface area (Å²) in [5, 5.41) is 9.13. The van der Waals surface area contributed by atoms with E-state index in [-0.39, 0.29) is 18.3 Å². The molecule has 0 aliphatic rings. The molecule has 3 heteroatoms. The number of carbonyl (C=O) groups excluding carboxylic acids is 1. The Morgan fingerprint density at radius 2 is 2.10 bits per heavy atom. The Labute approximate surface area is 61.0 Å². The summed E-state index contributed by atoms with van der Waals surface area (Å²) in [6, 6.07) is 0. The first-order valence-electron chi connectivity index (χ1n) is 3.32. The maximum absolute atomic E-state index is 10.5. The van der Waals surface area contributed by atoms with E-state index >= 15 is 0 Å².